The van der Waals surface area contributed by atoms with Gasteiger partial charge in [-0.3, -0.25) is 0 Å². The molecule has 1 aromatic carbocycles. The number of sulfonamides is 1. The zero-order valence-corrected chi connectivity index (χ0v) is 15.6. The van der Waals surface area contributed by atoms with E-state index in [2.05, 4.69) is 15.6 Å². The van der Waals surface area contributed by atoms with Crippen molar-refractivity contribution >= 4 is 16.0 Å². The lowest BCUT2D eigenvalue weighted by Crippen LogP contribution is -2.44. The maximum Gasteiger partial charge on any atom is 0.238 e. The Hall–Kier alpha value is -2.36. The summed E-state index contributed by atoms with van der Waals surface area (Å²) in [6.45, 7) is 4.62. The molecule has 0 aliphatic carbocycles. The van der Waals surface area contributed by atoms with Gasteiger partial charge in [0.1, 0.15) is 11.4 Å². The lowest BCUT2D eigenvalue weighted by molar-refractivity contribution is 0.0386. The van der Waals surface area contributed by atoms with Gasteiger partial charge in [0, 0.05) is 6.54 Å². The van der Waals surface area contributed by atoms with E-state index in [9.17, 15) is 13.5 Å². The summed E-state index contributed by atoms with van der Waals surface area (Å²) in [4.78, 5) is 4.45. The van der Waals surface area contributed by atoms with Crippen molar-refractivity contribution in [1.82, 2.24) is 10.6 Å². The maximum atomic E-state index is 11.4. The second-order valence-electron chi connectivity index (χ2n) is 5.99. The topological polar surface area (TPSA) is 130 Å². The molecule has 0 aliphatic rings. The highest BCUT2D eigenvalue weighted by molar-refractivity contribution is 7.89. The lowest BCUT2D eigenvalue weighted by atomic mass is 10.0. The molecule has 142 valence electrons. The Morgan fingerprint density at radius 3 is 2.69 bits per heavy atom. The van der Waals surface area contributed by atoms with Crippen molar-refractivity contribution in [3.05, 3.63) is 54.0 Å². The van der Waals surface area contributed by atoms with Crippen LogP contribution in [0.1, 0.15) is 25.2 Å². The molecule has 8 nitrogen and oxygen atoms in total. The fraction of sp³-hybridized carbons (Fsp3) is 0.353. The van der Waals surface area contributed by atoms with Gasteiger partial charge in [-0.1, -0.05) is 12.1 Å². The van der Waals surface area contributed by atoms with Crippen LogP contribution in [0.15, 0.2) is 57.0 Å². The Balaban J connectivity index is 2.07. The summed E-state index contributed by atoms with van der Waals surface area (Å²) in [7, 11) is -3.75. The number of aliphatic hydroxyl groups is 1. The van der Waals surface area contributed by atoms with Crippen LogP contribution in [0.4, 0.5) is 0 Å². The summed E-state index contributed by atoms with van der Waals surface area (Å²) in [5.41, 5.74) is -0.501. The number of nitrogens with two attached hydrogens (primary N) is 1. The first-order valence-electron chi connectivity index (χ1n) is 8.12. The molecular weight excluding hydrogens is 356 g/mol. The smallest absolute Gasteiger partial charge is 0.238 e. The number of aliphatic imine (C=N–C) groups is 1. The van der Waals surface area contributed by atoms with Gasteiger partial charge in [-0.05, 0) is 43.7 Å². The minimum absolute atomic E-state index is 0.0453. The van der Waals surface area contributed by atoms with Crippen LogP contribution >= 0.6 is 0 Å². The van der Waals surface area contributed by atoms with Gasteiger partial charge in [0.2, 0.25) is 10.0 Å². The molecular formula is C17H24N4O4S. The van der Waals surface area contributed by atoms with Gasteiger partial charge in [-0.2, -0.15) is 0 Å². The number of furan rings is 1. The highest BCUT2D eigenvalue weighted by Crippen LogP contribution is 2.19. The van der Waals surface area contributed by atoms with Crippen LogP contribution in [0.25, 0.3) is 0 Å². The summed E-state index contributed by atoms with van der Waals surface area (Å²) in [5.74, 6) is 0.932. The molecule has 2 rings (SSSR count). The van der Waals surface area contributed by atoms with Gasteiger partial charge in [-0.25, -0.2) is 18.5 Å². The Morgan fingerprint density at radius 2 is 2.08 bits per heavy atom. The molecule has 0 amide bonds. The molecule has 26 heavy (non-hydrogen) atoms. The number of hydrogen-bond donors (Lipinski definition) is 4. The first kappa shape index (κ1) is 20.0. The number of rotatable bonds is 7. The summed E-state index contributed by atoms with van der Waals surface area (Å²) in [5, 5.41) is 21.7. The highest BCUT2D eigenvalue weighted by Gasteiger charge is 2.26. The molecule has 0 fully saturated rings. The average molecular weight is 380 g/mol. The van der Waals surface area contributed by atoms with Gasteiger partial charge in [0.05, 0.1) is 24.2 Å². The van der Waals surface area contributed by atoms with E-state index in [4.69, 9.17) is 9.56 Å². The van der Waals surface area contributed by atoms with Crippen LogP contribution in [-0.2, 0) is 22.2 Å². The van der Waals surface area contributed by atoms with Gasteiger partial charge < -0.3 is 20.2 Å². The number of primary sulfonamides is 1. The lowest BCUT2D eigenvalue weighted by Gasteiger charge is -2.22. The fourth-order valence-electron chi connectivity index (χ4n) is 2.26. The molecule has 0 saturated heterocycles. The Labute approximate surface area is 153 Å². The third kappa shape index (κ3) is 5.58. The Bertz CT molecular complexity index is 845. The van der Waals surface area contributed by atoms with Crippen molar-refractivity contribution < 1.29 is 17.9 Å². The Morgan fingerprint density at radius 1 is 1.31 bits per heavy atom. The molecule has 0 spiro atoms. The SMILES string of the molecule is CCNC(=NCc1cccc(S(N)(=O)=O)c1)NCC(C)(O)c1ccco1. The molecule has 2 aromatic rings. The van der Waals surface area contributed by atoms with Crippen molar-refractivity contribution in [2.24, 2.45) is 10.1 Å². The van der Waals surface area contributed by atoms with E-state index < -0.39 is 15.6 Å². The van der Waals surface area contributed by atoms with Crippen LogP contribution in [0.2, 0.25) is 0 Å². The van der Waals surface area contributed by atoms with E-state index in [-0.39, 0.29) is 18.0 Å². The molecule has 0 bridgehead atoms. The molecule has 0 saturated carbocycles. The second-order valence-corrected chi connectivity index (χ2v) is 7.55. The van der Waals surface area contributed by atoms with Gasteiger partial charge >= 0.3 is 0 Å². The van der Waals surface area contributed by atoms with Crippen molar-refractivity contribution in [1.29, 1.82) is 0 Å². The van der Waals surface area contributed by atoms with Crippen molar-refractivity contribution in [3.63, 3.8) is 0 Å². The first-order valence-corrected chi connectivity index (χ1v) is 9.67. The molecule has 1 atom stereocenters. The third-order valence-electron chi connectivity index (χ3n) is 3.64. The average Bonchev–Trinajstić information content (AvgIpc) is 3.12. The third-order valence-corrected chi connectivity index (χ3v) is 4.55. The number of guanidine groups is 1. The fourth-order valence-corrected chi connectivity index (χ4v) is 2.84. The molecule has 0 radical (unpaired) electrons. The minimum atomic E-state index is -3.75. The van der Waals surface area contributed by atoms with Crippen LogP contribution in [0.5, 0.6) is 0 Å². The minimum Gasteiger partial charge on any atom is -0.466 e. The first-order chi connectivity index (χ1) is 12.2. The maximum absolute atomic E-state index is 11.4. The predicted octanol–water partition coefficient (Wildman–Crippen LogP) is 0.890. The number of nitrogens with zero attached hydrogens (tertiary/aromatic N) is 1. The summed E-state index contributed by atoms with van der Waals surface area (Å²) in [6, 6.07) is 9.72. The largest absolute Gasteiger partial charge is 0.466 e. The number of hydrogen-bond acceptors (Lipinski definition) is 5. The molecule has 9 heteroatoms. The van der Waals surface area contributed by atoms with Crippen LogP contribution in [0.3, 0.4) is 0 Å². The van der Waals surface area contributed by atoms with Gasteiger partial charge in [0.15, 0.2) is 5.96 Å². The Kier molecular flexibility index (Phi) is 6.41. The van der Waals surface area contributed by atoms with Crippen molar-refractivity contribution in [3.8, 4) is 0 Å². The zero-order chi connectivity index (χ0) is 19.2. The molecule has 0 aliphatic heterocycles. The standard InChI is InChI=1S/C17H24N4O4S/c1-3-19-16(21-12-17(2,22)15-8-5-9-25-15)20-11-13-6-4-7-14(10-13)26(18,23)24/h4-10,22H,3,11-12H2,1-2H3,(H2,18,23,24)(H2,19,20,21). The molecule has 1 unspecified atom stereocenters. The summed E-state index contributed by atoms with van der Waals surface area (Å²) >= 11 is 0. The second kappa shape index (κ2) is 8.35. The quantitative estimate of drug-likeness (QED) is 0.417. The highest BCUT2D eigenvalue weighted by atomic mass is 32.2. The van der Waals surface area contributed by atoms with Crippen LogP contribution < -0.4 is 15.8 Å². The van der Waals surface area contributed by atoms with Gasteiger partial charge in [-0.15, -0.1) is 0 Å². The number of nitrogens with one attached hydrogen (secondary N) is 2. The van der Waals surface area contributed by atoms with E-state index >= 15 is 0 Å². The van der Waals surface area contributed by atoms with Crippen molar-refractivity contribution in [2.45, 2.75) is 30.9 Å². The van der Waals surface area contributed by atoms with E-state index in [0.29, 0.717) is 23.8 Å². The molecule has 1 aromatic heterocycles. The van der Waals surface area contributed by atoms with E-state index in [1.165, 1.54) is 18.4 Å². The van der Waals surface area contributed by atoms with Crippen molar-refractivity contribution in [2.75, 3.05) is 13.1 Å². The molecule has 1 heterocycles. The zero-order valence-electron chi connectivity index (χ0n) is 14.8. The number of benzene rings is 1. The molecule has 5 N–H and O–H groups in total. The van der Waals surface area contributed by atoms with Crippen LogP contribution in [-0.4, -0.2) is 32.6 Å². The van der Waals surface area contributed by atoms with E-state index in [1.54, 1.807) is 31.2 Å². The predicted molar refractivity (Wildman–Crippen MR) is 98.9 cm³/mol. The van der Waals surface area contributed by atoms with E-state index in [0.717, 1.165) is 0 Å². The monoisotopic (exact) mass is 380 g/mol. The summed E-state index contributed by atoms with van der Waals surface area (Å²) in [6.07, 6.45) is 1.50. The van der Waals surface area contributed by atoms with Gasteiger partial charge in [0.25, 0.3) is 0 Å². The summed E-state index contributed by atoms with van der Waals surface area (Å²) < 4.78 is 28.1. The normalized spacial score (nSPS) is 14.7. The van der Waals surface area contributed by atoms with E-state index in [1.807, 2.05) is 6.92 Å². The van der Waals surface area contributed by atoms with Crippen LogP contribution in [0, 0.1) is 0 Å².